The Morgan fingerprint density at radius 2 is 1.88 bits per heavy atom. The molecule has 6 rings (SSSR count). The molecule has 248 valence electrons. The lowest BCUT2D eigenvalue weighted by Gasteiger charge is -2.36. The third-order valence-corrected chi connectivity index (χ3v) is 8.68. The van der Waals surface area contributed by atoms with Crippen LogP contribution in [0.2, 0.25) is 0 Å². The van der Waals surface area contributed by atoms with Crippen LogP contribution in [0.25, 0.3) is 11.4 Å². The second-order valence-corrected chi connectivity index (χ2v) is 11.8. The van der Waals surface area contributed by atoms with Gasteiger partial charge in [-0.25, -0.2) is 9.97 Å². The van der Waals surface area contributed by atoms with Gasteiger partial charge in [0.15, 0.2) is 0 Å². The largest absolute Gasteiger partial charge is 0.418 e. The standard InChI is InChI=1S/C35H35F3N8O2/c1-3-45-13-15-46(16-14-45)29-10-9-25(19-27(29)35(36,37)38)42-31(47)18-23-6-4-5-22(17-23)7-8-24-21-41-34(39)43-32(24)30-20-26-28(44(30)2)11-12-40-33(26)48/h4-6,9-10,17,19-21H,3,11-16,18H2,1-2H3,(H,40,48)(H,42,47)(H2,39,41,43). The molecule has 0 saturated carbocycles. The summed E-state index contributed by atoms with van der Waals surface area (Å²) in [7, 11) is 1.86. The smallest absolute Gasteiger partial charge is 0.368 e. The number of nitrogens with two attached hydrogens (primary N) is 1. The molecule has 13 heteroatoms. The van der Waals surface area contributed by atoms with E-state index in [-0.39, 0.29) is 29.7 Å². The van der Waals surface area contributed by atoms with Crippen LogP contribution in [0, 0.1) is 11.8 Å². The molecule has 0 spiro atoms. The van der Waals surface area contributed by atoms with Crippen LogP contribution in [-0.4, -0.2) is 70.5 Å². The molecule has 4 N–H and O–H groups in total. The normalized spacial score (nSPS) is 14.9. The average molecular weight is 657 g/mol. The highest BCUT2D eigenvalue weighted by Gasteiger charge is 2.36. The molecule has 2 aliphatic rings. The fourth-order valence-corrected chi connectivity index (χ4v) is 6.15. The van der Waals surface area contributed by atoms with Crippen molar-refractivity contribution in [2.75, 3.05) is 55.2 Å². The monoisotopic (exact) mass is 656 g/mol. The Morgan fingerprint density at radius 3 is 2.60 bits per heavy atom. The Labute approximate surface area is 276 Å². The number of anilines is 3. The predicted octanol–water partition coefficient (Wildman–Crippen LogP) is 4.09. The maximum absolute atomic E-state index is 14.1. The Morgan fingerprint density at radius 1 is 1.08 bits per heavy atom. The first-order valence-corrected chi connectivity index (χ1v) is 15.7. The zero-order valence-corrected chi connectivity index (χ0v) is 26.6. The molecule has 48 heavy (non-hydrogen) atoms. The minimum Gasteiger partial charge on any atom is -0.368 e. The van der Waals surface area contributed by atoms with Crippen molar-refractivity contribution in [3.63, 3.8) is 0 Å². The first-order valence-electron chi connectivity index (χ1n) is 15.7. The molecule has 1 fully saturated rings. The SMILES string of the molecule is CCN1CCN(c2ccc(NC(=O)Cc3cccc(C#Cc4cnc(N)nc4-c4cc5c(n4C)CCNC5=O)c3)cc2C(F)(F)F)CC1. The van der Waals surface area contributed by atoms with Gasteiger partial charge in [0.2, 0.25) is 11.9 Å². The molecule has 0 radical (unpaired) electrons. The van der Waals surface area contributed by atoms with Gasteiger partial charge >= 0.3 is 6.18 Å². The van der Waals surface area contributed by atoms with E-state index in [9.17, 15) is 22.8 Å². The highest BCUT2D eigenvalue weighted by Crippen LogP contribution is 2.39. The zero-order chi connectivity index (χ0) is 34.0. The molecule has 10 nitrogen and oxygen atoms in total. The van der Waals surface area contributed by atoms with Gasteiger partial charge < -0.3 is 30.7 Å². The summed E-state index contributed by atoms with van der Waals surface area (Å²) in [4.78, 5) is 37.8. The maximum atomic E-state index is 14.1. The van der Waals surface area contributed by atoms with E-state index in [2.05, 4.69) is 37.3 Å². The Hall–Kier alpha value is -5.35. The number of aromatic nitrogens is 3. The van der Waals surface area contributed by atoms with Crippen molar-refractivity contribution in [2.45, 2.75) is 25.9 Å². The maximum Gasteiger partial charge on any atom is 0.418 e. The van der Waals surface area contributed by atoms with Crippen LogP contribution in [0.3, 0.4) is 0 Å². The number of likely N-dealkylation sites (N-methyl/N-ethyl adjacent to an activating group) is 1. The summed E-state index contributed by atoms with van der Waals surface area (Å²) in [5.74, 6) is 5.65. The Kier molecular flexibility index (Phi) is 9.10. The quantitative estimate of drug-likeness (QED) is 0.268. The second-order valence-electron chi connectivity index (χ2n) is 11.8. The predicted molar refractivity (Wildman–Crippen MR) is 177 cm³/mol. The lowest BCUT2D eigenvalue weighted by atomic mass is 10.1. The van der Waals surface area contributed by atoms with Crippen LogP contribution >= 0.6 is 0 Å². The number of carbonyl (C=O) groups is 2. The summed E-state index contributed by atoms with van der Waals surface area (Å²) >= 11 is 0. The molecule has 2 aromatic carbocycles. The fraction of sp³-hybridized carbons (Fsp3) is 0.314. The number of nitrogens with zero attached hydrogens (tertiary/aromatic N) is 5. The first-order chi connectivity index (χ1) is 23.0. The van der Waals surface area contributed by atoms with E-state index < -0.39 is 17.6 Å². The molecule has 0 unspecified atom stereocenters. The Bertz CT molecular complexity index is 1930. The van der Waals surface area contributed by atoms with Gasteiger partial charge in [-0.15, -0.1) is 0 Å². The van der Waals surface area contributed by atoms with Crippen molar-refractivity contribution in [1.82, 2.24) is 24.8 Å². The number of hydrogen-bond donors (Lipinski definition) is 3. The highest BCUT2D eigenvalue weighted by molar-refractivity contribution is 5.98. The summed E-state index contributed by atoms with van der Waals surface area (Å²) in [6, 6.07) is 12.8. The number of hydrogen-bond acceptors (Lipinski definition) is 7. The number of halogens is 3. The van der Waals surface area contributed by atoms with Gasteiger partial charge in [0.1, 0.15) is 5.69 Å². The lowest BCUT2D eigenvalue weighted by Crippen LogP contribution is -2.46. The molecule has 1 saturated heterocycles. The third-order valence-electron chi connectivity index (χ3n) is 8.68. The summed E-state index contributed by atoms with van der Waals surface area (Å²) in [5, 5.41) is 5.47. The summed E-state index contributed by atoms with van der Waals surface area (Å²) < 4.78 is 44.2. The van der Waals surface area contributed by atoms with Gasteiger partial charge in [-0.3, -0.25) is 9.59 Å². The summed E-state index contributed by atoms with van der Waals surface area (Å²) in [6.07, 6.45) is -2.43. The molecule has 0 atom stereocenters. The Balaban J connectivity index is 1.18. The number of fused-ring (bicyclic) bond motifs is 1. The number of alkyl halides is 3. The van der Waals surface area contributed by atoms with E-state index in [0.29, 0.717) is 72.8 Å². The molecule has 0 aliphatic carbocycles. The molecule has 2 aliphatic heterocycles. The van der Waals surface area contributed by atoms with Gasteiger partial charge in [-0.1, -0.05) is 30.9 Å². The van der Waals surface area contributed by atoms with Gasteiger partial charge in [-0.05, 0) is 48.5 Å². The molecule has 2 amide bonds. The van der Waals surface area contributed by atoms with Crippen molar-refractivity contribution < 1.29 is 22.8 Å². The van der Waals surface area contributed by atoms with E-state index in [4.69, 9.17) is 5.73 Å². The van der Waals surface area contributed by atoms with E-state index in [0.717, 1.165) is 18.3 Å². The number of amides is 2. The second kappa shape index (κ2) is 13.4. The van der Waals surface area contributed by atoms with Gasteiger partial charge in [-0.2, -0.15) is 13.2 Å². The van der Waals surface area contributed by atoms with Crippen LogP contribution < -0.4 is 21.3 Å². The molecular formula is C35H35F3N8O2. The highest BCUT2D eigenvalue weighted by atomic mass is 19.4. The van der Waals surface area contributed by atoms with E-state index in [1.54, 1.807) is 35.2 Å². The number of piperazine rings is 1. The van der Waals surface area contributed by atoms with Crippen molar-refractivity contribution in [2.24, 2.45) is 7.05 Å². The lowest BCUT2D eigenvalue weighted by molar-refractivity contribution is -0.137. The van der Waals surface area contributed by atoms with Crippen LogP contribution in [0.5, 0.6) is 0 Å². The van der Waals surface area contributed by atoms with Crippen LogP contribution in [0.1, 0.15) is 45.2 Å². The van der Waals surface area contributed by atoms with Crippen molar-refractivity contribution in [1.29, 1.82) is 0 Å². The van der Waals surface area contributed by atoms with Gasteiger partial charge in [0.25, 0.3) is 5.91 Å². The van der Waals surface area contributed by atoms with Crippen LogP contribution in [0.4, 0.5) is 30.5 Å². The topological polar surface area (TPSA) is 121 Å². The molecular weight excluding hydrogens is 621 g/mol. The average Bonchev–Trinajstić information content (AvgIpc) is 3.41. The number of nitrogen functional groups attached to an aromatic ring is 1. The molecule has 0 bridgehead atoms. The fourth-order valence-electron chi connectivity index (χ4n) is 6.15. The summed E-state index contributed by atoms with van der Waals surface area (Å²) in [6.45, 7) is 5.83. The van der Waals surface area contributed by atoms with E-state index >= 15 is 0 Å². The van der Waals surface area contributed by atoms with E-state index in [1.165, 1.54) is 18.3 Å². The van der Waals surface area contributed by atoms with E-state index in [1.807, 2.05) is 18.5 Å². The zero-order valence-electron chi connectivity index (χ0n) is 26.6. The van der Waals surface area contributed by atoms with Crippen molar-refractivity contribution in [3.8, 4) is 23.2 Å². The minimum atomic E-state index is -4.57. The van der Waals surface area contributed by atoms with Crippen LogP contribution in [-0.2, 0) is 30.9 Å². The number of benzene rings is 2. The number of carbonyl (C=O) groups excluding carboxylic acids is 2. The molecule has 2 aromatic heterocycles. The van der Waals surface area contributed by atoms with Crippen LogP contribution in [0.15, 0.2) is 54.7 Å². The van der Waals surface area contributed by atoms with Gasteiger partial charge in [0, 0.05) is 75.0 Å². The third kappa shape index (κ3) is 6.99. The van der Waals surface area contributed by atoms with Gasteiger partial charge in [0.05, 0.1) is 28.8 Å². The summed E-state index contributed by atoms with van der Waals surface area (Å²) in [5.41, 5.74) is 9.74. The number of rotatable bonds is 6. The molecule has 4 heterocycles. The first kappa shape index (κ1) is 32.6. The number of nitrogens with one attached hydrogen (secondary N) is 2. The van der Waals surface area contributed by atoms with Crippen molar-refractivity contribution >= 4 is 29.1 Å². The van der Waals surface area contributed by atoms with Crippen molar-refractivity contribution in [3.05, 3.63) is 88.2 Å². The molecule has 4 aromatic rings. The minimum absolute atomic E-state index is 0.0647.